The van der Waals surface area contributed by atoms with E-state index in [0.29, 0.717) is 10.7 Å². The minimum atomic E-state index is -0.251. The molecule has 1 heterocycles. The molecule has 0 radical (unpaired) electrons. The highest BCUT2D eigenvalue weighted by Crippen LogP contribution is 2.14. The SMILES string of the molecule is Cc1cccc(/C=N/NC(=O)CNc2cccc(Cl)c2)n1. The molecule has 2 aromatic rings. The van der Waals surface area contributed by atoms with E-state index in [0.717, 1.165) is 11.4 Å². The van der Waals surface area contributed by atoms with E-state index in [-0.39, 0.29) is 12.5 Å². The van der Waals surface area contributed by atoms with Crippen molar-refractivity contribution >= 4 is 29.4 Å². The summed E-state index contributed by atoms with van der Waals surface area (Å²) in [7, 11) is 0. The van der Waals surface area contributed by atoms with E-state index in [2.05, 4.69) is 20.8 Å². The quantitative estimate of drug-likeness (QED) is 0.659. The van der Waals surface area contributed by atoms with Gasteiger partial charge in [0.25, 0.3) is 5.91 Å². The van der Waals surface area contributed by atoms with Crippen LogP contribution in [-0.2, 0) is 4.79 Å². The molecule has 0 saturated carbocycles. The molecule has 1 aromatic heterocycles. The summed E-state index contributed by atoms with van der Waals surface area (Å²) in [4.78, 5) is 15.9. The lowest BCUT2D eigenvalue weighted by atomic mass is 10.3. The second-order valence-corrected chi connectivity index (χ2v) is 4.80. The molecule has 1 amide bonds. The summed E-state index contributed by atoms with van der Waals surface area (Å²) in [5.74, 6) is -0.251. The maximum atomic E-state index is 11.6. The van der Waals surface area contributed by atoms with Crippen molar-refractivity contribution in [2.45, 2.75) is 6.92 Å². The van der Waals surface area contributed by atoms with Crippen LogP contribution in [0.5, 0.6) is 0 Å². The maximum absolute atomic E-state index is 11.6. The van der Waals surface area contributed by atoms with Gasteiger partial charge in [-0.1, -0.05) is 23.7 Å². The second kappa shape index (κ2) is 7.40. The Kier molecular flexibility index (Phi) is 5.29. The molecule has 0 aliphatic heterocycles. The molecular formula is C15H15ClN4O. The molecule has 2 N–H and O–H groups in total. The number of nitrogens with zero attached hydrogens (tertiary/aromatic N) is 2. The molecule has 0 spiro atoms. The number of nitrogens with one attached hydrogen (secondary N) is 2. The number of aromatic nitrogens is 1. The van der Waals surface area contributed by atoms with Crippen LogP contribution < -0.4 is 10.7 Å². The summed E-state index contributed by atoms with van der Waals surface area (Å²) in [6.45, 7) is 2.00. The number of carbonyl (C=O) groups is 1. The molecule has 5 nitrogen and oxygen atoms in total. The molecule has 0 saturated heterocycles. The lowest BCUT2D eigenvalue weighted by Gasteiger charge is -2.05. The van der Waals surface area contributed by atoms with E-state index in [4.69, 9.17) is 11.6 Å². The number of rotatable bonds is 5. The van der Waals surface area contributed by atoms with Gasteiger partial charge in [0.15, 0.2) is 0 Å². The summed E-state index contributed by atoms with van der Waals surface area (Å²) in [6.07, 6.45) is 1.50. The molecule has 0 fully saturated rings. The number of hydrogen-bond acceptors (Lipinski definition) is 4. The molecule has 2 rings (SSSR count). The highest BCUT2D eigenvalue weighted by atomic mass is 35.5. The van der Waals surface area contributed by atoms with Crippen molar-refractivity contribution in [1.29, 1.82) is 0 Å². The second-order valence-electron chi connectivity index (χ2n) is 4.36. The number of halogens is 1. The van der Waals surface area contributed by atoms with Gasteiger partial charge in [-0.25, -0.2) is 5.43 Å². The fourth-order valence-corrected chi connectivity index (χ4v) is 1.82. The number of anilines is 1. The molecule has 0 aliphatic rings. The third-order valence-corrected chi connectivity index (χ3v) is 2.81. The van der Waals surface area contributed by atoms with Gasteiger partial charge < -0.3 is 5.32 Å². The van der Waals surface area contributed by atoms with E-state index in [1.165, 1.54) is 6.21 Å². The number of pyridine rings is 1. The zero-order valence-electron chi connectivity index (χ0n) is 11.5. The summed E-state index contributed by atoms with van der Waals surface area (Å²) >= 11 is 5.85. The van der Waals surface area contributed by atoms with Crippen LogP contribution >= 0.6 is 11.6 Å². The average Bonchev–Trinajstić information content (AvgIpc) is 2.45. The van der Waals surface area contributed by atoms with E-state index in [1.54, 1.807) is 12.1 Å². The smallest absolute Gasteiger partial charge is 0.259 e. The van der Waals surface area contributed by atoms with Gasteiger partial charge in [-0.05, 0) is 37.3 Å². The largest absolute Gasteiger partial charge is 0.376 e. The van der Waals surface area contributed by atoms with Gasteiger partial charge in [0, 0.05) is 16.4 Å². The lowest BCUT2D eigenvalue weighted by Crippen LogP contribution is -2.25. The standard InChI is InChI=1S/C15H15ClN4O/c1-11-4-2-7-14(19-11)9-18-20-15(21)10-17-13-6-3-5-12(16)8-13/h2-9,17H,10H2,1H3,(H,20,21)/b18-9+. The normalized spacial score (nSPS) is 10.6. The molecule has 21 heavy (non-hydrogen) atoms. The van der Waals surface area contributed by atoms with Gasteiger partial charge in [-0.3, -0.25) is 9.78 Å². The van der Waals surface area contributed by atoms with E-state index in [1.807, 2.05) is 37.3 Å². The topological polar surface area (TPSA) is 66.4 Å². The monoisotopic (exact) mass is 302 g/mol. The zero-order valence-corrected chi connectivity index (χ0v) is 12.3. The highest BCUT2D eigenvalue weighted by molar-refractivity contribution is 6.30. The minimum absolute atomic E-state index is 0.110. The Morgan fingerprint density at radius 3 is 2.90 bits per heavy atom. The van der Waals surface area contributed by atoms with Crippen molar-refractivity contribution in [3.63, 3.8) is 0 Å². The number of benzene rings is 1. The number of hydrazone groups is 1. The summed E-state index contributed by atoms with van der Waals surface area (Å²) in [5.41, 5.74) is 4.80. The number of amides is 1. The first-order chi connectivity index (χ1) is 10.1. The Morgan fingerprint density at radius 2 is 2.14 bits per heavy atom. The van der Waals surface area contributed by atoms with Crippen LogP contribution in [0.1, 0.15) is 11.4 Å². The van der Waals surface area contributed by atoms with Gasteiger partial charge in [0.1, 0.15) is 0 Å². The molecule has 108 valence electrons. The number of hydrogen-bond donors (Lipinski definition) is 2. The van der Waals surface area contributed by atoms with E-state index in [9.17, 15) is 4.79 Å². The van der Waals surface area contributed by atoms with Crippen LogP contribution in [0.4, 0.5) is 5.69 Å². The van der Waals surface area contributed by atoms with Gasteiger partial charge in [-0.15, -0.1) is 0 Å². The van der Waals surface area contributed by atoms with Crippen LogP contribution in [0, 0.1) is 6.92 Å². The number of aryl methyl sites for hydroxylation is 1. The molecule has 0 aliphatic carbocycles. The average molecular weight is 303 g/mol. The Bertz CT molecular complexity index is 658. The molecule has 0 bridgehead atoms. The van der Waals surface area contributed by atoms with Crippen LogP contribution in [0.25, 0.3) is 0 Å². The third kappa shape index (κ3) is 5.24. The van der Waals surface area contributed by atoms with Crippen molar-refractivity contribution in [3.05, 3.63) is 58.9 Å². The zero-order chi connectivity index (χ0) is 15.1. The van der Waals surface area contributed by atoms with Crippen LogP contribution in [0.3, 0.4) is 0 Å². The molecule has 6 heteroatoms. The summed E-state index contributed by atoms with van der Waals surface area (Å²) < 4.78 is 0. The van der Waals surface area contributed by atoms with E-state index < -0.39 is 0 Å². The van der Waals surface area contributed by atoms with Crippen LogP contribution in [-0.4, -0.2) is 23.7 Å². The molecule has 0 unspecified atom stereocenters. The molecule has 0 atom stereocenters. The van der Waals surface area contributed by atoms with Crippen molar-refractivity contribution in [1.82, 2.24) is 10.4 Å². The van der Waals surface area contributed by atoms with Crippen LogP contribution in [0.15, 0.2) is 47.6 Å². The Morgan fingerprint density at radius 1 is 1.33 bits per heavy atom. The fourth-order valence-electron chi connectivity index (χ4n) is 1.63. The van der Waals surface area contributed by atoms with Crippen molar-refractivity contribution in [3.8, 4) is 0 Å². The first-order valence-electron chi connectivity index (χ1n) is 6.38. The van der Waals surface area contributed by atoms with Crippen molar-refractivity contribution < 1.29 is 4.79 Å². The first-order valence-corrected chi connectivity index (χ1v) is 6.76. The van der Waals surface area contributed by atoms with Gasteiger partial charge in [0.2, 0.25) is 0 Å². The predicted octanol–water partition coefficient (Wildman–Crippen LogP) is 2.61. The predicted molar refractivity (Wildman–Crippen MR) is 84.7 cm³/mol. The van der Waals surface area contributed by atoms with Crippen molar-refractivity contribution in [2.75, 3.05) is 11.9 Å². The van der Waals surface area contributed by atoms with Gasteiger partial charge in [0.05, 0.1) is 18.5 Å². The Hall–Kier alpha value is -2.40. The first kappa shape index (κ1) is 15.0. The fraction of sp³-hybridized carbons (Fsp3) is 0.133. The van der Waals surface area contributed by atoms with Gasteiger partial charge in [-0.2, -0.15) is 5.10 Å². The van der Waals surface area contributed by atoms with E-state index >= 15 is 0 Å². The number of carbonyl (C=O) groups excluding carboxylic acids is 1. The molecule has 1 aromatic carbocycles. The van der Waals surface area contributed by atoms with Gasteiger partial charge >= 0.3 is 0 Å². The minimum Gasteiger partial charge on any atom is -0.376 e. The van der Waals surface area contributed by atoms with Crippen LogP contribution in [0.2, 0.25) is 5.02 Å². The van der Waals surface area contributed by atoms with Crippen molar-refractivity contribution in [2.24, 2.45) is 5.10 Å². The Balaban J connectivity index is 1.80. The molecular weight excluding hydrogens is 288 g/mol. The Labute approximate surface area is 128 Å². The summed E-state index contributed by atoms with van der Waals surface area (Å²) in [6, 6.07) is 12.7. The lowest BCUT2D eigenvalue weighted by molar-refractivity contribution is -0.119. The summed E-state index contributed by atoms with van der Waals surface area (Å²) in [5, 5.41) is 7.43. The third-order valence-electron chi connectivity index (χ3n) is 2.57. The highest BCUT2D eigenvalue weighted by Gasteiger charge is 1.99. The maximum Gasteiger partial charge on any atom is 0.259 e.